The number of aliphatic hydroxyl groups is 1. The molecule has 0 radical (unpaired) electrons. The van der Waals surface area contributed by atoms with Gasteiger partial charge in [0.15, 0.2) is 5.96 Å². The highest BCUT2D eigenvalue weighted by Crippen LogP contribution is 2.13. The lowest BCUT2D eigenvalue weighted by Crippen LogP contribution is -2.42. The summed E-state index contributed by atoms with van der Waals surface area (Å²) in [5, 5.41) is 16.7. The van der Waals surface area contributed by atoms with Crippen molar-refractivity contribution in [3.8, 4) is 0 Å². The van der Waals surface area contributed by atoms with Crippen LogP contribution in [0.5, 0.6) is 0 Å². The topological polar surface area (TPSA) is 56.7 Å². The number of benzene rings is 1. The summed E-state index contributed by atoms with van der Waals surface area (Å²) in [6.07, 6.45) is 1.49. The van der Waals surface area contributed by atoms with Crippen molar-refractivity contribution >= 4 is 5.96 Å². The monoisotopic (exact) mass is 323 g/mol. The first kappa shape index (κ1) is 19.4. The molecule has 1 rings (SSSR count). The van der Waals surface area contributed by atoms with E-state index in [4.69, 9.17) is 0 Å². The lowest BCUT2D eigenvalue weighted by Gasteiger charge is -2.19. The van der Waals surface area contributed by atoms with E-state index in [2.05, 4.69) is 36.4 Å². The summed E-state index contributed by atoms with van der Waals surface area (Å²) >= 11 is 0. The first-order valence-electron chi connectivity index (χ1n) is 8.40. The third kappa shape index (κ3) is 7.98. The SMILES string of the molecule is CCNC(=NCC(O)c1ccc(F)cc1)NC(C)CCC(C)C. The van der Waals surface area contributed by atoms with Gasteiger partial charge in [0.1, 0.15) is 5.82 Å². The van der Waals surface area contributed by atoms with Gasteiger partial charge in [-0.15, -0.1) is 0 Å². The summed E-state index contributed by atoms with van der Waals surface area (Å²) in [5.74, 6) is 1.07. The molecule has 0 saturated carbocycles. The third-order valence-electron chi connectivity index (χ3n) is 3.58. The molecule has 1 aromatic carbocycles. The van der Waals surface area contributed by atoms with E-state index in [1.54, 1.807) is 12.1 Å². The molecule has 0 aliphatic carbocycles. The Bertz CT molecular complexity index is 474. The summed E-state index contributed by atoms with van der Waals surface area (Å²) in [4.78, 5) is 4.43. The summed E-state index contributed by atoms with van der Waals surface area (Å²) in [6.45, 7) is 9.56. The van der Waals surface area contributed by atoms with Crippen LogP contribution < -0.4 is 10.6 Å². The second-order valence-corrected chi connectivity index (χ2v) is 6.30. The second kappa shape index (κ2) is 10.2. The average Bonchev–Trinajstić information content (AvgIpc) is 2.51. The molecule has 0 amide bonds. The highest BCUT2D eigenvalue weighted by atomic mass is 19.1. The minimum Gasteiger partial charge on any atom is -0.386 e. The van der Waals surface area contributed by atoms with Gasteiger partial charge in [0, 0.05) is 12.6 Å². The van der Waals surface area contributed by atoms with Gasteiger partial charge >= 0.3 is 0 Å². The van der Waals surface area contributed by atoms with E-state index in [1.807, 2.05) is 6.92 Å². The molecule has 3 N–H and O–H groups in total. The normalized spacial score (nSPS) is 14.7. The minimum absolute atomic E-state index is 0.234. The van der Waals surface area contributed by atoms with Gasteiger partial charge in [-0.1, -0.05) is 26.0 Å². The number of halogens is 1. The molecule has 4 nitrogen and oxygen atoms in total. The molecule has 0 fully saturated rings. The van der Waals surface area contributed by atoms with Crippen molar-refractivity contribution in [2.75, 3.05) is 13.1 Å². The van der Waals surface area contributed by atoms with E-state index >= 15 is 0 Å². The van der Waals surface area contributed by atoms with Crippen LogP contribution >= 0.6 is 0 Å². The van der Waals surface area contributed by atoms with Crippen molar-refractivity contribution in [2.24, 2.45) is 10.9 Å². The van der Waals surface area contributed by atoms with Gasteiger partial charge < -0.3 is 15.7 Å². The molecule has 0 aliphatic heterocycles. The maximum absolute atomic E-state index is 12.9. The van der Waals surface area contributed by atoms with Gasteiger partial charge in [-0.2, -0.15) is 0 Å². The van der Waals surface area contributed by atoms with Gasteiger partial charge in [0.05, 0.1) is 12.6 Å². The molecule has 0 bridgehead atoms. The van der Waals surface area contributed by atoms with Crippen LogP contribution in [0.15, 0.2) is 29.3 Å². The zero-order chi connectivity index (χ0) is 17.2. The van der Waals surface area contributed by atoms with Crippen molar-refractivity contribution in [3.05, 3.63) is 35.6 Å². The fourth-order valence-corrected chi connectivity index (χ4v) is 2.18. The summed E-state index contributed by atoms with van der Waals surface area (Å²) in [5.41, 5.74) is 0.666. The van der Waals surface area contributed by atoms with Crippen molar-refractivity contribution < 1.29 is 9.50 Å². The number of hydrogen-bond donors (Lipinski definition) is 3. The lowest BCUT2D eigenvalue weighted by molar-refractivity contribution is 0.187. The number of nitrogens with one attached hydrogen (secondary N) is 2. The fraction of sp³-hybridized carbons (Fsp3) is 0.611. The van der Waals surface area contributed by atoms with E-state index in [-0.39, 0.29) is 12.4 Å². The Kier molecular flexibility index (Phi) is 8.62. The Morgan fingerprint density at radius 1 is 1.17 bits per heavy atom. The molecule has 0 aliphatic rings. The zero-order valence-corrected chi connectivity index (χ0v) is 14.6. The van der Waals surface area contributed by atoms with E-state index in [9.17, 15) is 9.50 Å². The molecule has 0 spiro atoms. The lowest BCUT2D eigenvalue weighted by atomic mass is 10.0. The van der Waals surface area contributed by atoms with Crippen molar-refractivity contribution in [3.63, 3.8) is 0 Å². The summed E-state index contributed by atoms with van der Waals surface area (Å²) in [6, 6.07) is 6.18. The van der Waals surface area contributed by atoms with E-state index in [1.165, 1.54) is 12.1 Å². The number of rotatable bonds is 8. The zero-order valence-electron chi connectivity index (χ0n) is 14.6. The average molecular weight is 323 g/mol. The molecular weight excluding hydrogens is 293 g/mol. The molecule has 1 aromatic rings. The largest absolute Gasteiger partial charge is 0.386 e. The number of aliphatic hydroxyl groups excluding tert-OH is 1. The molecule has 23 heavy (non-hydrogen) atoms. The smallest absolute Gasteiger partial charge is 0.191 e. The van der Waals surface area contributed by atoms with Crippen LogP contribution in [0.25, 0.3) is 0 Å². The Balaban J connectivity index is 2.57. The second-order valence-electron chi connectivity index (χ2n) is 6.30. The quantitative estimate of drug-likeness (QED) is 0.508. The maximum atomic E-state index is 12.9. The molecule has 5 heteroatoms. The molecule has 2 unspecified atom stereocenters. The van der Waals surface area contributed by atoms with Crippen LogP contribution in [0.1, 0.15) is 52.2 Å². The maximum Gasteiger partial charge on any atom is 0.191 e. The Morgan fingerprint density at radius 2 is 1.83 bits per heavy atom. The molecular formula is C18H30FN3O. The van der Waals surface area contributed by atoms with E-state index in [0.717, 1.165) is 19.4 Å². The summed E-state index contributed by atoms with van der Waals surface area (Å²) < 4.78 is 12.9. The third-order valence-corrected chi connectivity index (χ3v) is 3.58. The Labute approximate surface area is 139 Å². The highest BCUT2D eigenvalue weighted by Gasteiger charge is 2.09. The van der Waals surface area contributed by atoms with Gasteiger partial charge in [-0.05, 0) is 50.3 Å². The van der Waals surface area contributed by atoms with Crippen LogP contribution in [0, 0.1) is 11.7 Å². The van der Waals surface area contributed by atoms with Crippen molar-refractivity contribution in [1.29, 1.82) is 0 Å². The molecule has 0 aromatic heterocycles. The molecule has 130 valence electrons. The Morgan fingerprint density at radius 3 is 2.39 bits per heavy atom. The predicted molar refractivity (Wildman–Crippen MR) is 94.0 cm³/mol. The van der Waals surface area contributed by atoms with Crippen molar-refractivity contribution in [2.45, 2.75) is 52.7 Å². The molecule has 0 heterocycles. The standard InChI is InChI=1S/C18H30FN3O/c1-5-20-18(22-14(4)7-6-13(2)3)21-12-17(23)15-8-10-16(19)11-9-15/h8-11,13-14,17,23H,5-7,12H2,1-4H3,(H2,20,21,22). The summed E-state index contributed by atoms with van der Waals surface area (Å²) in [7, 11) is 0. The van der Waals surface area contributed by atoms with Gasteiger partial charge in [-0.3, -0.25) is 4.99 Å². The van der Waals surface area contributed by atoms with E-state index < -0.39 is 6.10 Å². The van der Waals surface area contributed by atoms with Crippen LogP contribution in [-0.2, 0) is 0 Å². The number of hydrogen-bond acceptors (Lipinski definition) is 2. The number of guanidine groups is 1. The molecule has 0 saturated heterocycles. The van der Waals surface area contributed by atoms with Gasteiger partial charge in [-0.25, -0.2) is 4.39 Å². The van der Waals surface area contributed by atoms with Crippen LogP contribution in [0.3, 0.4) is 0 Å². The minimum atomic E-state index is -0.739. The van der Waals surface area contributed by atoms with Gasteiger partial charge in [0.2, 0.25) is 0 Å². The van der Waals surface area contributed by atoms with Crippen LogP contribution in [0.4, 0.5) is 4.39 Å². The van der Waals surface area contributed by atoms with Crippen molar-refractivity contribution in [1.82, 2.24) is 10.6 Å². The van der Waals surface area contributed by atoms with Crippen LogP contribution in [-0.4, -0.2) is 30.2 Å². The number of aliphatic imine (C=N–C) groups is 1. The predicted octanol–water partition coefficient (Wildman–Crippen LogP) is 3.24. The van der Waals surface area contributed by atoms with Gasteiger partial charge in [0.25, 0.3) is 0 Å². The Hall–Kier alpha value is -1.62. The first-order valence-corrected chi connectivity index (χ1v) is 8.40. The fourth-order valence-electron chi connectivity index (χ4n) is 2.18. The molecule has 2 atom stereocenters. The highest BCUT2D eigenvalue weighted by molar-refractivity contribution is 5.80. The van der Waals surface area contributed by atoms with E-state index in [0.29, 0.717) is 23.5 Å². The first-order chi connectivity index (χ1) is 10.9. The van der Waals surface area contributed by atoms with Crippen LogP contribution in [0.2, 0.25) is 0 Å². The number of nitrogens with zero attached hydrogens (tertiary/aromatic N) is 1.